The summed E-state index contributed by atoms with van der Waals surface area (Å²) in [6.07, 6.45) is 3.08. The lowest BCUT2D eigenvalue weighted by atomic mass is 10.00. The molecule has 4 nitrogen and oxygen atoms in total. The first-order valence-electron chi connectivity index (χ1n) is 9.52. The van der Waals surface area contributed by atoms with E-state index >= 15 is 0 Å². The van der Waals surface area contributed by atoms with Crippen molar-refractivity contribution in [2.45, 2.75) is 32.7 Å². The minimum atomic E-state index is -0.0615. The van der Waals surface area contributed by atoms with Crippen LogP contribution in [0.4, 0.5) is 0 Å². The Morgan fingerprint density at radius 3 is 2.65 bits per heavy atom. The van der Waals surface area contributed by atoms with Crippen LogP contribution in [0, 0.1) is 0 Å². The Kier molecular flexibility index (Phi) is 6.67. The predicted octanol–water partition coefficient (Wildman–Crippen LogP) is 3.19. The molecule has 26 heavy (non-hydrogen) atoms. The molecule has 2 aromatic rings. The van der Waals surface area contributed by atoms with E-state index < -0.39 is 0 Å². The Morgan fingerprint density at radius 1 is 1.12 bits per heavy atom. The van der Waals surface area contributed by atoms with Gasteiger partial charge in [0.25, 0.3) is 5.91 Å². The fraction of sp³-hybridized carbons (Fsp3) is 0.409. The molecule has 138 valence electrons. The summed E-state index contributed by atoms with van der Waals surface area (Å²) in [5.41, 5.74) is 4.17. The van der Waals surface area contributed by atoms with Gasteiger partial charge in [-0.05, 0) is 48.1 Å². The largest absolute Gasteiger partial charge is 0.484 e. The number of benzene rings is 2. The van der Waals surface area contributed by atoms with E-state index in [2.05, 4.69) is 41.4 Å². The standard InChI is InChI=1S/C22H28N2O2/c1-2-18-8-10-21(11-9-18)26-17-22(25)23-13-5-14-24-15-12-19-6-3-4-7-20(19)16-24/h3-4,6-11H,2,5,12-17H2,1H3,(H,23,25). The minimum Gasteiger partial charge on any atom is -0.484 e. The summed E-state index contributed by atoms with van der Waals surface area (Å²) in [6.45, 7) is 6.00. The van der Waals surface area contributed by atoms with E-state index in [1.165, 1.54) is 16.7 Å². The number of rotatable bonds is 8. The van der Waals surface area contributed by atoms with Crippen LogP contribution in [0.15, 0.2) is 48.5 Å². The molecule has 4 heteroatoms. The zero-order chi connectivity index (χ0) is 18.2. The molecule has 0 radical (unpaired) electrons. The van der Waals surface area contributed by atoms with Crippen LogP contribution in [-0.2, 0) is 24.2 Å². The van der Waals surface area contributed by atoms with Crippen LogP contribution >= 0.6 is 0 Å². The van der Waals surface area contributed by atoms with E-state index in [4.69, 9.17) is 4.74 Å². The van der Waals surface area contributed by atoms with Crippen LogP contribution in [0.3, 0.4) is 0 Å². The fourth-order valence-electron chi connectivity index (χ4n) is 3.30. The number of hydrogen-bond acceptors (Lipinski definition) is 3. The molecule has 0 aliphatic carbocycles. The van der Waals surface area contributed by atoms with Crippen molar-refractivity contribution in [3.63, 3.8) is 0 Å². The van der Waals surface area contributed by atoms with Crippen LogP contribution in [0.1, 0.15) is 30.0 Å². The van der Waals surface area contributed by atoms with Gasteiger partial charge in [-0.2, -0.15) is 0 Å². The maximum Gasteiger partial charge on any atom is 0.257 e. The first kappa shape index (κ1) is 18.5. The molecule has 0 spiro atoms. The smallest absolute Gasteiger partial charge is 0.257 e. The number of fused-ring (bicyclic) bond motifs is 1. The molecular weight excluding hydrogens is 324 g/mol. The second-order valence-electron chi connectivity index (χ2n) is 6.78. The molecule has 0 unspecified atom stereocenters. The summed E-state index contributed by atoms with van der Waals surface area (Å²) in [5.74, 6) is 0.679. The van der Waals surface area contributed by atoms with Gasteiger partial charge >= 0.3 is 0 Å². The molecule has 0 aromatic heterocycles. The van der Waals surface area contributed by atoms with Gasteiger partial charge in [-0.1, -0.05) is 43.3 Å². The fourth-order valence-corrected chi connectivity index (χ4v) is 3.30. The highest BCUT2D eigenvalue weighted by Crippen LogP contribution is 2.18. The average Bonchev–Trinajstić information content (AvgIpc) is 2.70. The zero-order valence-electron chi connectivity index (χ0n) is 15.5. The Balaban J connectivity index is 1.30. The van der Waals surface area contributed by atoms with Gasteiger partial charge in [0, 0.05) is 26.2 Å². The van der Waals surface area contributed by atoms with Gasteiger partial charge in [-0.15, -0.1) is 0 Å². The van der Waals surface area contributed by atoms with Crippen molar-refractivity contribution >= 4 is 5.91 Å². The highest BCUT2D eigenvalue weighted by Gasteiger charge is 2.14. The topological polar surface area (TPSA) is 41.6 Å². The third-order valence-electron chi connectivity index (χ3n) is 4.88. The number of ether oxygens (including phenoxy) is 1. The molecule has 1 amide bonds. The first-order valence-corrected chi connectivity index (χ1v) is 9.52. The lowest BCUT2D eigenvalue weighted by molar-refractivity contribution is -0.123. The molecule has 0 bridgehead atoms. The SMILES string of the molecule is CCc1ccc(OCC(=O)NCCCN2CCc3ccccc3C2)cc1. The lowest BCUT2D eigenvalue weighted by Crippen LogP contribution is -2.34. The van der Waals surface area contributed by atoms with Crippen molar-refractivity contribution < 1.29 is 9.53 Å². The Bertz CT molecular complexity index is 712. The molecule has 1 aliphatic heterocycles. The van der Waals surface area contributed by atoms with Gasteiger partial charge in [0.05, 0.1) is 0 Å². The molecule has 1 aliphatic rings. The molecule has 0 atom stereocenters. The van der Waals surface area contributed by atoms with E-state index in [0.29, 0.717) is 6.54 Å². The maximum atomic E-state index is 11.9. The molecule has 2 aromatic carbocycles. The molecule has 1 N–H and O–H groups in total. The van der Waals surface area contributed by atoms with E-state index in [9.17, 15) is 4.79 Å². The Morgan fingerprint density at radius 2 is 1.88 bits per heavy atom. The normalized spacial score (nSPS) is 13.9. The first-order chi connectivity index (χ1) is 12.7. The second-order valence-corrected chi connectivity index (χ2v) is 6.78. The highest BCUT2D eigenvalue weighted by atomic mass is 16.5. The van der Waals surface area contributed by atoms with Gasteiger partial charge in [-0.3, -0.25) is 9.69 Å². The van der Waals surface area contributed by atoms with Gasteiger partial charge in [0.15, 0.2) is 6.61 Å². The van der Waals surface area contributed by atoms with Crippen molar-refractivity contribution in [1.82, 2.24) is 10.2 Å². The Labute approximate surface area is 156 Å². The number of nitrogens with one attached hydrogen (secondary N) is 1. The van der Waals surface area contributed by atoms with Gasteiger partial charge in [0.1, 0.15) is 5.75 Å². The van der Waals surface area contributed by atoms with Crippen molar-refractivity contribution in [3.8, 4) is 5.75 Å². The van der Waals surface area contributed by atoms with Crippen LogP contribution in [0.5, 0.6) is 5.75 Å². The van der Waals surface area contributed by atoms with Crippen LogP contribution in [0.2, 0.25) is 0 Å². The quantitative estimate of drug-likeness (QED) is 0.742. The number of amides is 1. The third kappa shape index (κ3) is 5.33. The monoisotopic (exact) mass is 352 g/mol. The Hall–Kier alpha value is -2.33. The molecule has 0 fully saturated rings. The van der Waals surface area contributed by atoms with Crippen molar-refractivity contribution in [1.29, 1.82) is 0 Å². The number of carbonyl (C=O) groups is 1. The minimum absolute atomic E-state index is 0.0615. The number of aryl methyl sites for hydroxylation is 1. The van der Waals surface area contributed by atoms with Gasteiger partial charge in [-0.25, -0.2) is 0 Å². The van der Waals surface area contributed by atoms with E-state index in [1.807, 2.05) is 24.3 Å². The number of nitrogens with zero attached hydrogens (tertiary/aromatic N) is 1. The van der Waals surface area contributed by atoms with Crippen LogP contribution < -0.4 is 10.1 Å². The average molecular weight is 352 g/mol. The summed E-state index contributed by atoms with van der Waals surface area (Å²) in [6, 6.07) is 16.6. The molecular formula is C22H28N2O2. The molecule has 0 saturated carbocycles. The maximum absolute atomic E-state index is 11.9. The summed E-state index contributed by atoms with van der Waals surface area (Å²) in [5, 5.41) is 2.94. The van der Waals surface area contributed by atoms with Gasteiger partial charge < -0.3 is 10.1 Å². The van der Waals surface area contributed by atoms with Gasteiger partial charge in [0.2, 0.25) is 0 Å². The zero-order valence-corrected chi connectivity index (χ0v) is 15.5. The van der Waals surface area contributed by atoms with Crippen LogP contribution in [0.25, 0.3) is 0 Å². The molecule has 3 rings (SSSR count). The van der Waals surface area contributed by atoms with Crippen molar-refractivity contribution in [2.75, 3.05) is 26.2 Å². The summed E-state index contributed by atoms with van der Waals surface area (Å²) >= 11 is 0. The number of carbonyl (C=O) groups excluding carboxylic acids is 1. The van der Waals surface area contributed by atoms with Crippen molar-refractivity contribution in [3.05, 3.63) is 65.2 Å². The summed E-state index contributed by atoms with van der Waals surface area (Å²) in [4.78, 5) is 14.4. The number of hydrogen-bond donors (Lipinski definition) is 1. The third-order valence-corrected chi connectivity index (χ3v) is 4.88. The second kappa shape index (κ2) is 9.39. The van der Waals surface area contributed by atoms with E-state index in [0.717, 1.165) is 44.6 Å². The highest BCUT2D eigenvalue weighted by molar-refractivity contribution is 5.77. The molecule has 1 heterocycles. The van der Waals surface area contributed by atoms with Crippen LogP contribution in [-0.4, -0.2) is 37.0 Å². The molecule has 0 saturated heterocycles. The lowest BCUT2D eigenvalue weighted by Gasteiger charge is -2.28. The van der Waals surface area contributed by atoms with E-state index in [1.54, 1.807) is 0 Å². The summed E-state index contributed by atoms with van der Waals surface area (Å²) in [7, 11) is 0. The summed E-state index contributed by atoms with van der Waals surface area (Å²) < 4.78 is 5.53. The van der Waals surface area contributed by atoms with E-state index in [-0.39, 0.29) is 12.5 Å². The van der Waals surface area contributed by atoms with Crippen molar-refractivity contribution in [2.24, 2.45) is 0 Å². The predicted molar refractivity (Wildman–Crippen MR) is 104 cm³/mol.